The van der Waals surface area contributed by atoms with Crippen molar-refractivity contribution < 1.29 is 27.5 Å². The van der Waals surface area contributed by atoms with Crippen LogP contribution in [-0.2, 0) is 10.9 Å². The van der Waals surface area contributed by atoms with E-state index in [2.05, 4.69) is 26.0 Å². The summed E-state index contributed by atoms with van der Waals surface area (Å²) in [6.45, 7) is -0.147. The van der Waals surface area contributed by atoms with Crippen molar-refractivity contribution in [1.82, 2.24) is 19.9 Å². The van der Waals surface area contributed by atoms with E-state index < -0.39 is 29.6 Å². The van der Waals surface area contributed by atoms with E-state index in [1.165, 1.54) is 41.3 Å². The molecule has 4 rings (SSSR count). The summed E-state index contributed by atoms with van der Waals surface area (Å²) in [5.74, 6) is -1.30. The Labute approximate surface area is 241 Å². The molecule has 2 aromatic carbocycles. The van der Waals surface area contributed by atoms with E-state index in [-0.39, 0.29) is 46.0 Å². The topological polar surface area (TPSA) is 205 Å². The number of carbonyl (C=O) groups excluding carboxylic acids is 2. The summed E-state index contributed by atoms with van der Waals surface area (Å²) in [5, 5.41) is 42.4. The van der Waals surface area contributed by atoms with E-state index >= 15 is 0 Å². The fourth-order valence-electron chi connectivity index (χ4n) is 4.02. The maximum atomic E-state index is 13.1. The highest BCUT2D eigenvalue weighted by atomic mass is 19.4. The second-order valence-corrected chi connectivity index (χ2v) is 8.80. The van der Waals surface area contributed by atoms with E-state index in [1.807, 2.05) is 0 Å². The molecule has 43 heavy (non-hydrogen) atoms. The second kappa shape index (κ2) is 12.7. The second-order valence-electron chi connectivity index (χ2n) is 8.80. The molecule has 2 heterocycles. The first-order chi connectivity index (χ1) is 20.6. The number of hydrogen-bond acceptors (Lipinski definition) is 10. The summed E-state index contributed by atoms with van der Waals surface area (Å²) < 4.78 is 45.4. The number of fused-ring (bicyclic) bond motifs is 1. The van der Waals surface area contributed by atoms with E-state index in [9.17, 15) is 22.8 Å². The van der Waals surface area contributed by atoms with Gasteiger partial charge in [0.05, 0.1) is 22.9 Å². The molecule has 0 unspecified atom stereocenters. The van der Waals surface area contributed by atoms with E-state index in [0.717, 1.165) is 36.8 Å². The summed E-state index contributed by atoms with van der Waals surface area (Å²) in [6.07, 6.45) is 1.50. The number of nitrogens with one attached hydrogen (secondary N) is 7. The van der Waals surface area contributed by atoms with Crippen molar-refractivity contribution in [2.24, 2.45) is 0 Å². The summed E-state index contributed by atoms with van der Waals surface area (Å²) in [7, 11) is 0. The molecule has 0 aliphatic rings. The third-order valence-electron chi connectivity index (χ3n) is 6.05. The Kier molecular flexibility index (Phi) is 8.88. The molecule has 1 atom stereocenters. The summed E-state index contributed by atoms with van der Waals surface area (Å²) in [5.41, 5.74) is 0.0413. The van der Waals surface area contributed by atoms with Gasteiger partial charge in [0.25, 0.3) is 11.8 Å². The van der Waals surface area contributed by atoms with Gasteiger partial charge in [-0.15, -0.1) is 0 Å². The van der Waals surface area contributed by atoms with Gasteiger partial charge in [-0.25, -0.2) is 9.50 Å². The molecular formula is C27H23F3N10O3. The van der Waals surface area contributed by atoms with Gasteiger partial charge in [-0.05, 0) is 36.4 Å². The number of amides is 2. The first kappa shape index (κ1) is 30.0. The van der Waals surface area contributed by atoms with Gasteiger partial charge in [-0.1, -0.05) is 6.07 Å². The molecule has 0 saturated heterocycles. The Morgan fingerprint density at radius 3 is 2.51 bits per heavy atom. The minimum Gasteiger partial charge on any atom is -0.481 e. The molecule has 0 saturated carbocycles. The van der Waals surface area contributed by atoms with Crippen LogP contribution < -0.4 is 16.0 Å². The first-order valence-corrected chi connectivity index (χ1v) is 12.3. The molecule has 0 bridgehead atoms. The van der Waals surface area contributed by atoms with Crippen LogP contribution in [0.25, 0.3) is 5.52 Å². The third kappa shape index (κ3) is 6.70. The van der Waals surface area contributed by atoms with Crippen molar-refractivity contribution in [3.63, 3.8) is 0 Å². The summed E-state index contributed by atoms with van der Waals surface area (Å²) in [4.78, 5) is 29.9. The Bertz CT molecular complexity index is 1740. The number of benzene rings is 2. The normalized spacial score (nSPS) is 11.7. The van der Waals surface area contributed by atoms with Crippen molar-refractivity contribution in [3.8, 4) is 0 Å². The highest BCUT2D eigenvalue weighted by Gasteiger charge is 2.31. The molecule has 0 radical (unpaired) electrons. The number of anilines is 3. The van der Waals surface area contributed by atoms with Crippen LogP contribution in [0.1, 0.15) is 37.4 Å². The molecular weight excluding hydrogens is 569 g/mol. The van der Waals surface area contributed by atoms with Crippen LogP contribution in [0.2, 0.25) is 0 Å². The largest absolute Gasteiger partial charge is 0.481 e. The average molecular weight is 593 g/mol. The third-order valence-corrected chi connectivity index (χ3v) is 6.05. The van der Waals surface area contributed by atoms with E-state index in [4.69, 9.17) is 26.4 Å². The Hall–Kier alpha value is -5.93. The Balaban J connectivity index is 1.65. The maximum absolute atomic E-state index is 13.1. The predicted molar refractivity (Wildman–Crippen MR) is 153 cm³/mol. The van der Waals surface area contributed by atoms with Crippen LogP contribution in [0.3, 0.4) is 0 Å². The molecule has 0 spiro atoms. The van der Waals surface area contributed by atoms with Gasteiger partial charge in [0.2, 0.25) is 0 Å². The monoisotopic (exact) mass is 592 g/mol. The molecule has 2 aromatic heterocycles. The molecule has 16 heteroatoms. The lowest BCUT2D eigenvalue weighted by Crippen LogP contribution is -2.39. The number of hydrogen-bond donors (Lipinski definition) is 7. The maximum Gasteiger partial charge on any atom is 0.416 e. The zero-order valence-corrected chi connectivity index (χ0v) is 22.0. The zero-order chi connectivity index (χ0) is 31.1. The first-order valence-electron chi connectivity index (χ1n) is 12.3. The van der Waals surface area contributed by atoms with E-state index in [0.29, 0.717) is 12.0 Å². The zero-order valence-electron chi connectivity index (χ0n) is 22.0. The van der Waals surface area contributed by atoms with Gasteiger partial charge in [-0.2, -0.15) is 18.3 Å². The summed E-state index contributed by atoms with van der Waals surface area (Å²) in [6, 6.07) is 7.55. The number of halogens is 3. The highest BCUT2D eigenvalue weighted by Crippen LogP contribution is 2.31. The minimum atomic E-state index is -4.62. The van der Waals surface area contributed by atoms with Gasteiger partial charge in [0, 0.05) is 47.2 Å². The lowest BCUT2D eigenvalue weighted by Gasteiger charge is -2.14. The lowest BCUT2D eigenvalue weighted by molar-refractivity contribution is -0.137. The smallest absolute Gasteiger partial charge is 0.416 e. The molecule has 13 nitrogen and oxygen atoms in total. The van der Waals surface area contributed by atoms with Gasteiger partial charge in [-0.3, -0.25) is 15.0 Å². The lowest BCUT2D eigenvalue weighted by atomic mass is 10.1. The molecule has 0 aliphatic heterocycles. The number of alkyl halides is 3. The van der Waals surface area contributed by atoms with E-state index in [1.54, 1.807) is 0 Å². The van der Waals surface area contributed by atoms with Gasteiger partial charge in [0.15, 0.2) is 12.2 Å². The molecule has 0 fully saturated rings. The van der Waals surface area contributed by atoms with Crippen LogP contribution in [0.15, 0.2) is 55.0 Å². The number of nitrogens with zero attached hydrogens (tertiary/aromatic N) is 3. The Morgan fingerprint density at radius 1 is 1.05 bits per heavy atom. The SMILES string of the molecule is N=COC[C@H](C=N)NC(=O)c1cn2ncnc(Nc3cc(NC(=O)c4cccc(C(F)(F)F)c4)ccc3C=N)c2c1C=N. The minimum absolute atomic E-state index is 0.0367. The average Bonchev–Trinajstić information content (AvgIpc) is 3.39. The number of aromatic nitrogens is 3. The Morgan fingerprint density at radius 2 is 1.84 bits per heavy atom. The predicted octanol–water partition coefficient (Wildman–Crippen LogP) is 4.11. The number of rotatable bonds is 12. The number of carbonyl (C=O) groups is 2. The van der Waals surface area contributed by atoms with Gasteiger partial charge in [0.1, 0.15) is 18.5 Å². The van der Waals surface area contributed by atoms with Crippen molar-refractivity contribution >= 4 is 59.6 Å². The van der Waals surface area contributed by atoms with Gasteiger partial charge >= 0.3 is 6.18 Å². The molecule has 2 amide bonds. The van der Waals surface area contributed by atoms with Crippen LogP contribution in [0.4, 0.5) is 30.4 Å². The fraction of sp³-hybridized carbons (Fsp3) is 0.111. The highest BCUT2D eigenvalue weighted by molar-refractivity contribution is 6.09. The van der Waals surface area contributed by atoms with Crippen molar-refractivity contribution in [3.05, 3.63) is 82.8 Å². The van der Waals surface area contributed by atoms with Crippen molar-refractivity contribution in [1.29, 1.82) is 21.6 Å². The van der Waals surface area contributed by atoms with Crippen LogP contribution in [0.5, 0.6) is 0 Å². The molecule has 7 N–H and O–H groups in total. The van der Waals surface area contributed by atoms with Crippen molar-refractivity contribution in [2.45, 2.75) is 12.2 Å². The standard InChI is InChI=1S/C27H23F3N10O3/c28-27(29,30)17-3-1-2-15(6-17)25(41)37-18-5-4-16(8-31)22(7-18)39-24-23-20(10-33)21(11-40(23)36-14-35-24)26(42)38-19(9-32)12-43-13-34/h1-11,13-14,19,31-34H,12H2,(H,37,41)(H,38,42)(H,35,36,39)/t19-/m0/s1. The van der Waals surface area contributed by atoms with Crippen LogP contribution in [-0.4, -0.2) is 64.1 Å². The van der Waals surface area contributed by atoms with Gasteiger partial charge < -0.3 is 36.9 Å². The molecule has 220 valence electrons. The quantitative estimate of drug-likeness (QED) is 0.0951. The number of ether oxygens (including phenoxy) is 1. The molecule has 4 aromatic rings. The van der Waals surface area contributed by atoms with Crippen molar-refractivity contribution in [2.75, 3.05) is 17.2 Å². The van der Waals surface area contributed by atoms with Crippen LogP contribution >= 0.6 is 0 Å². The fourth-order valence-corrected chi connectivity index (χ4v) is 4.02. The van der Waals surface area contributed by atoms with Crippen LogP contribution in [0, 0.1) is 21.6 Å². The summed E-state index contributed by atoms with van der Waals surface area (Å²) >= 11 is 0. The molecule has 0 aliphatic carbocycles.